The van der Waals surface area contributed by atoms with Crippen LogP contribution >= 0.6 is 0 Å². The van der Waals surface area contributed by atoms with E-state index in [1.807, 2.05) is 0 Å². The molecule has 2 N–H and O–H groups in total. The van der Waals surface area contributed by atoms with Crippen LogP contribution in [0, 0.1) is 5.41 Å². The zero-order valence-corrected chi connectivity index (χ0v) is 12.6. The Morgan fingerprint density at radius 2 is 1.84 bits per heavy atom. The fourth-order valence-electron chi connectivity index (χ4n) is 3.54. The van der Waals surface area contributed by atoms with Crippen LogP contribution in [0.2, 0.25) is 0 Å². The minimum absolute atomic E-state index is 0.412. The SMILES string of the molecule is CCCc1ccc(C(NC)C2(CNC)CCC2)cc1. The van der Waals surface area contributed by atoms with Gasteiger partial charge in [-0.1, -0.05) is 44.0 Å². The van der Waals surface area contributed by atoms with E-state index in [1.54, 1.807) is 0 Å². The summed E-state index contributed by atoms with van der Waals surface area (Å²) in [5.74, 6) is 0. The molecule has 1 saturated carbocycles. The largest absolute Gasteiger partial charge is 0.319 e. The maximum atomic E-state index is 3.56. The van der Waals surface area contributed by atoms with Crippen molar-refractivity contribution in [3.05, 3.63) is 35.4 Å². The third-order valence-electron chi connectivity index (χ3n) is 4.63. The van der Waals surface area contributed by atoms with Crippen LogP contribution in [0.5, 0.6) is 0 Å². The first kappa shape index (κ1) is 14.5. The molecule has 19 heavy (non-hydrogen) atoms. The molecule has 0 aliphatic heterocycles. The Kier molecular flexibility index (Phi) is 5.00. The van der Waals surface area contributed by atoms with Gasteiger partial charge in [0.2, 0.25) is 0 Å². The van der Waals surface area contributed by atoms with Crippen molar-refractivity contribution in [2.75, 3.05) is 20.6 Å². The van der Waals surface area contributed by atoms with Gasteiger partial charge in [0, 0.05) is 18.0 Å². The number of aryl methyl sites for hydroxylation is 1. The van der Waals surface area contributed by atoms with Crippen LogP contribution in [-0.4, -0.2) is 20.6 Å². The number of nitrogens with one attached hydrogen (secondary N) is 2. The normalized spacial score (nSPS) is 18.9. The third-order valence-corrected chi connectivity index (χ3v) is 4.63. The predicted octanol–water partition coefficient (Wildman–Crippen LogP) is 3.29. The minimum Gasteiger partial charge on any atom is -0.319 e. The Morgan fingerprint density at radius 3 is 2.26 bits per heavy atom. The lowest BCUT2D eigenvalue weighted by molar-refractivity contribution is 0.0789. The second-order valence-corrected chi connectivity index (χ2v) is 5.96. The highest BCUT2D eigenvalue weighted by atomic mass is 14.9. The first-order valence-electron chi connectivity index (χ1n) is 7.66. The van der Waals surface area contributed by atoms with Gasteiger partial charge in [0.1, 0.15) is 0 Å². The highest BCUT2D eigenvalue weighted by Crippen LogP contribution is 2.49. The lowest BCUT2D eigenvalue weighted by Gasteiger charge is -2.48. The molecule has 106 valence electrons. The molecule has 0 spiro atoms. The molecule has 0 saturated heterocycles. The van der Waals surface area contributed by atoms with Crippen LogP contribution in [0.15, 0.2) is 24.3 Å². The van der Waals surface area contributed by atoms with Gasteiger partial charge < -0.3 is 10.6 Å². The van der Waals surface area contributed by atoms with Crippen molar-refractivity contribution >= 4 is 0 Å². The van der Waals surface area contributed by atoms with Gasteiger partial charge >= 0.3 is 0 Å². The van der Waals surface area contributed by atoms with E-state index in [9.17, 15) is 0 Å². The van der Waals surface area contributed by atoms with Crippen LogP contribution in [0.4, 0.5) is 0 Å². The summed E-state index contributed by atoms with van der Waals surface area (Å²) >= 11 is 0. The fourth-order valence-corrected chi connectivity index (χ4v) is 3.54. The molecule has 0 radical (unpaired) electrons. The maximum absolute atomic E-state index is 3.56. The van der Waals surface area contributed by atoms with Gasteiger partial charge in [0.05, 0.1) is 0 Å². The summed E-state index contributed by atoms with van der Waals surface area (Å²) in [6.45, 7) is 3.34. The summed E-state index contributed by atoms with van der Waals surface area (Å²) in [6, 6.07) is 9.72. The molecule has 1 aromatic carbocycles. The highest BCUT2D eigenvalue weighted by Gasteiger charge is 2.43. The molecule has 2 nitrogen and oxygen atoms in total. The standard InChI is InChI=1S/C17H28N2/c1-4-6-14-7-9-15(10-8-14)16(19-3)17(13-18-2)11-5-12-17/h7-10,16,18-19H,4-6,11-13H2,1-3H3. The Balaban J connectivity index is 2.16. The van der Waals surface area contributed by atoms with Gasteiger partial charge in [0.15, 0.2) is 0 Å². The predicted molar refractivity (Wildman–Crippen MR) is 82.4 cm³/mol. The Hall–Kier alpha value is -0.860. The molecule has 1 aromatic rings. The number of hydrogen-bond acceptors (Lipinski definition) is 2. The maximum Gasteiger partial charge on any atom is 0.0386 e. The molecule has 0 aromatic heterocycles. The van der Waals surface area contributed by atoms with Gasteiger partial charge in [-0.05, 0) is 44.5 Å². The summed E-state index contributed by atoms with van der Waals surface area (Å²) in [6.07, 6.45) is 6.44. The van der Waals surface area contributed by atoms with E-state index >= 15 is 0 Å². The molecule has 1 aliphatic rings. The summed E-state index contributed by atoms with van der Waals surface area (Å²) in [5, 5.41) is 6.94. The van der Waals surface area contributed by atoms with Crippen molar-refractivity contribution in [1.82, 2.24) is 10.6 Å². The van der Waals surface area contributed by atoms with E-state index < -0.39 is 0 Å². The van der Waals surface area contributed by atoms with Crippen molar-refractivity contribution in [2.45, 2.75) is 45.1 Å². The van der Waals surface area contributed by atoms with Crippen LogP contribution in [0.3, 0.4) is 0 Å². The second kappa shape index (κ2) is 6.53. The summed E-state index contributed by atoms with van der Waals surface area (Å²) in [4.78, 5) is 0. The van der Waals surface area contributed by atoms with Crippen LogP contribution < -0.4 is 10.6 Å². The van der Waals surface area contributed by atoms with E-state index in [4.69, 9.17) is 0 Å². The molecular weight excluding hydrogens is 232 g/mol. The summed E-state index contributed by atoms with van der Waals surface area (Å²) in [7, 11) is 4.16. The molecule has 1 atom stereocenters. The molecule has 0 amide bonds. The average molecular weight is 260 g/mol. The van der Waals surface area contributed by atoms with Gasteiger partial charge in [-0.25, -0.2) is 0 Å². The van der Waals surface area contributed by atoms with Crippen LogP contribution in [-0.2, 0) is 6.42 Å². The fraction of sp³-hybridized carbons (Fsp3) is 0.647. The Morgan fingerprint density at radius 1 is 1.16 bits per heavy atom. The van der Waals surface area contributed by atoms with E-state index in [0.29, 0.717) is 11.5 Å². The topological polar surface area (TPSA) is 24.1 Å². The third kappa shape index (κ3) is 3.01. The van der Waals surface area contributed by atoms with Gasteiger partial charge in [-0.15, -0.1) is 0 Å². The number of rotatable bonds is 7. The molecule has 1 aliphatic carbocycles. The van der Waals surface area contributed by atoms with Gasteiger partial charge in [-0.3, -0.25) is 0 Å². The molecular formula is C17H28N2. The Bertz CT molecular complexity index is 379. The molecule has 1 unspecified atom stereocenters. The quantitative estimate of drug-likeness (QED) is 0.786. The number of hydrogen-bond donors (Lipinski definition) is 2. The first-order valence-corrected chi connectivity index (χ1v) is 7.66. The summed E-state index contributed by atoms with van der Waals surface area (Å²) < 4.78 is 0. The molecule has 0 bridgehead atoms. The van der Waals surface area contributed by atoms with Gasteiger partial charge in [0.25, 0.3) is 0 Å². The zero-order chi connectivity index (χ0) is 13.7. The van der Waals surface area contributed by atoms with Crippen molar-refractivity contribution in [1.29, 1.82) is 0 Å². The van der Waals surface area contributed by atoms with Crippen molar-refractivity contribution < 1.29 is 0 Å². The van der Waals surface area contributed by atoms with Crippen molar-refractivity contribution in [3.63, 3.8) is 0 Å². The van der Waals surface area contributed by atoms with E-state index in [-0.39, 0.29) is 0 Å². The highest BCUT2D eigenvalue weighted by molar-refractivity contribution is 5.27. The average Bonchev–Trinajstić information content (AvgIpc) is 2.39. The smallest absolute Gasteiger partial charge is 0.0386 e. The molecule has 0 heterocycles. The van der Waals surface area contributed by atoms with E-state index in [2.05, 4.69) is 55.9 Å². The molecule has 2 heteroatoms. The van der Waals surface area contributed by atoms with E-state index in [0.717, 1.165) is 6.54 Å². The van der Waals surface area contributed by atoms with Gasteiger partial charge in [-0.2, -0.15) is 0 Å². The monoisotopic (exact) mass is 260 g/mol. The van der Waals surface area contributed by atoms with Crippen molar-refractivity contribution in [2.24, 2.45) is 5.41 Å². The van der Waals surface area contributed by atoms with Crippen LogP contribution in [0.1, 0.15) is 49.8 Å². The zero-order valence-electron chi connectivity index (χ0n) is 12.6. The lowest BCUT2D eigenvalue weighted by Crippen LogP contribution is -2.47. The second-order valence-electron chi connectivity index (χ2n) is 5.96. The number of benzene rings is 1. The summed E-state index contributed by atoms with van der Waals surface area (Å²) in [5.41, 5.74) is 3.31. The Labute approximate surface area is 118 Å². The van der Waals surface area contributed by atoms with Crippen LogP contribution in [0.25, 0.3) is 0 Å². The molecule has 1 fully saturated rings. The first-order chi connectivity index (χ1) is 9.25. The minimum atomic E-state index is 0.412. The van der Waals surface area contributed by atoms with E-state index in [1.165, 1.54) is 43.2 Å². The van der Waals surface area contributed by atoms with Crippen molar-refractivity contribution in [3.8, 4) is 0 Å². The lowest BCUT2D eigenvalue weighted by atomic mass is 9.62. The molecule has 2 rings (SSSR count).